The van der Waals surface area contributed by atoms with Crippen molar-refractivity contribution in [1.82, 2.24) is 9.88 Å². The van der Waals surface area contributed by atoms with Crippen LogP contribution in [-0.2, 0) is 27.2 Å². The molecule has 1 atom stereocenters. The summed E-state index contributed by atoms with van der Waals surface area (Å²) in [7, 11) is -3.54. The molecule has 0 bridgehead atoms. The van der Waals surface area contributed by atoms with Crippen molar-refractivity contribution in [2.45, 2.75) is 39.4 Å². The Kier molecular flexibility index (Phi) is 10.9. The number of nitrogens with one attached hydrogen (secondary N) is 1. The van der Waals surface area contributed by atoms with E-state index in [1.54, 1.807) is 19.1 Å². The largest absolute Gasteiger partial charge is 0.419 e. The Morgan fingerprint density at radius 2 is 1.82 bits per heavy atom. The molecule has 3 aromatic rings. The van der Waals surface area contributed by atoms with Crippen LogP contribution in [0.4, 0.5) is 29.1 Å². The SMILES string of the molecule is CCS(=O)(=O)CCN(C(=O)Cc1ccc(F)c(C(F)(F)F)c1)[C@H](C)C(C)=Nc1ncccc1C(=O)Nc1ccc(C#N)cc1. The molecule has 0 unspecified atom stereocenters. The van der Waals surface area contributed by atoms with E-state index in [1.807, 2.05) is 6.07 Å². The molecule has 1 aromatic heterocycles. The third kappa shape index (κ3) is 8.93. The molecule has 2 amide bonds. The lowest BCUT2D eigenvalue weighted by molar-refractivity contribution is -0.140. The number of halogens is 4. The monoisotopic (exact) mass is 631 g/mol. The molecule has 1 N–H and O–H groups in total. The third-order valence-electron chi connectivity index (χ3n) is 6.75. The predicted octanol–water partition coefficient (Wildman–Crippen LogP) is 5.35. The number of rotatable bonds is 11. The van der Waals surface area contributed by atoms with Crippen molar-refractivity contribution in [3.63, 3.8) is 0 Å². The second kappa shape index (κ2) is 14.2. The number of sulfone groups is 1. The number of aliphatic imine (C=N–C) groups is 1. The summed E-state index contributed by atoms with van der Waals surface area (Å²) in [4.78, 5) is 36.2. The van der Waals surface area contributed by atoms with Crippen LogP contribution < -0.4 is 5.32 Å². The molecule has 0 saturated heterocycles. The van der Waals surface area contributed by atoms with Gasteiger partial charge in [0.1, 0.15) is 5.82 Å². The number of nitrogens with zero attached hydrogens (tertiary/aromatic N) is 4. The first-order valence-corrected chi connectivity index (χ1v) is 15.1. The Morgan fingerprint density at radius 1 is 1.14 bits per heavy atom. The molecule has 0 spiro atoms. The minimum Gasteiger partial charge on any atom is -0.333 e. The van der Waals surface area contributed by atoms with Gasteiger partial charge in [-0.3, -0.25) is 9.59 Å². The van der Waals surface area contributed by atoms with E-state index in [4.69, 9.17) is 5.26 Å². The number of hydrogen-bond acceptors (Lipinski definition) is 7. The van der Waals surface area contributed by atoms with Crippen LogP contribution in [0.3, 0.4) is 0 Å². The number of hydrogen-bond donors (Lipinski definition) is 1. The first-order valence-electron chi connectivity index (χ1n) is 13.3. The number of anilines is 1. The van der Waals surface area contributed by atoms with Crippen molar-refractivity contribution in [3.8, 4) is 6.07 Å². The summed E-state index contributed by atoms with van der Waals surface area (Å²) in [5.41, 5.74) is -0.461. The van der Waals surface area contributed by atoms with Gasteiger partial charge >= 0.3 is 6.18 Å². The van der Waals surface area contributed by atoms with Crippen LogP contribution in [-0.4, -0.2) is 59.9 Å². The van der Waals surface area contributed by atoms with Gasteiger partial charge in [0.05, 0.1) is 41.0 Å². The summed E-state index contributed by atoms with van der Waals surface area (Å²) in [5, 5.41) is 11.7. The van der Waals surface area contributed by atoms with Gasteiger partial charge in [-0.25, -0.2) is 22.8 Å². The van der Waals surface area contributed by atoms with Gasteiger partial charge in [0.2, 0.25) is 5.91 Å². The van der Waals surface area contributed by atoms with E-state index in [0.717, 1.165) is 6.07 Å². The van der Waals surface area contributed by atoms with E-state index in [0.29, 0.717) is 23.4 Å². The summed E-state index contributed by atoms with van der Waals surface area (Å²) in [6, 6.07) is 12.5. The van der Waals surface area contributed by atoms with Gasteiger partial charge in [-0.05, 0) is 67.9 Å². The fourth-order valence-corrected chi connectivity index (χ4v) is 4.83. The molecule has 2 aromatic carbocycles. The number of pyridine rings is 1. The highest BCUT2D eigenvalue weighted by atomic mass is 32.2. The average molecular weight is 632 g/mol. The number of alkyl halides is 3. The highest BCUT2D eigenvalue weighted by molar-refractivity contribution is 7.91. The van der Waals surface area contributed by atoms with Gasteiger partial charge in [-0.2, -0.15) is 18.4 Å². The minimum atomic E-state index is -4.97. The summed E-state index contributed by atoms with van der Waals surface area (Å²) >= 11 is 0. The van der Waals surface area contributed by atoms with Gasteiger partial charge in [-0.1, -0.05) is 13.0 Å². The smallest absolute Gasteiger partial charge is 0.333 e. The first kappa shape index (κ1) is 33.9. The second-order valence-corrected chi connectivity index (χ2v) is 12.2. The number of nitriles is 1. The quantitative estimate of drug-likeness (QED) is 0.224. The zero-order chi connectivity index (χ0) is 32.7. The molecule has 0 aliphatic rings. The van der Waals surface area contributed by atoms with E-state index in [9.17, 15) is 35.6 Å². The zero-order valence-electron chi connectivity index (χ0n) is 24.0. The molecule has 0 aliphatic heterocycles. The Balaban J connectivity index is 1.91. The minimum absolute atomic E-state index is 0.00456. The summed E-state index contributed by atoms with van der Waals surface area (Å²) in [6.45, 7) is 4.25. The first-order chi connectivity index (χ1) is 20.6. The van der Waals surface area contributed by atoms with Gasteiger partial charge < -0.3 is 10.2 Å². The molecule has 232 valence electrons. The maximum atomic E-state index is 13.8. The molecule has 14 heteroatoms. The zero-order valence-corrected chi connectivity index (χ0v) is 24.8. The predicted molar refractivity (Wildman–Crippen MR) is 157 cm³/mol. The topological polar surface area (TPSA) is 133 Å². The Bertz CT molecular complexity index is 1700. The second-order valence-electron chi connectivity index (χ2n) is 9.76. The van der Waals surface area contributed by atoms with Gasteiger partial charge in [-0.15, -0.1) is 0 Å². The van der Waals surface area contributed by atoms with Crippen LogP contribution in [0.5, 0.6) is 0 Å². The van der Waals surface area contributed by atoms with Crippen LogP contribution in [0.2, 0.25) is 0 Å². The number of benzene rings is 2. The Morgan fingerprint density at radius 3 is 2.43 bits per heavy atom. The van der Waals surface area contributed by atoms with Crippen molar-refractivity contribution in [3.05, 3.63) is 88.9 Å². The highest BCUT2D eigenvalue weighted by Crippen LogP contribution is 2.32. The van der Waals surface area contributed by atoms with Crippen molar-refractivity contribution < 1.29 is 35.6 Å². The number of amides is 2. The molecular formula is C30H29F4N5O4S. The Hall–Kier alpha value is -4.64. The van der Waals surface area contributed by atoms with E-state index in [1.165, 1.54) is 49.2 Å². The molecule has 9 nitrogen and oxygen atoms in total. The fraction of sp³-hybridized carbons (Fsp3) is 0.300. The number of carbonyl (C=O) groups is 2. The van der Waals surface area contributed by atoms with E-state index >= 15 is 0 Å². The Labute approximate surface area is 252 Å². The van der Waals surface area contributed by atoms with Crippen molar-refractivity contribution >= 4 is 38.9 Å². The summed E-state index contributed by atoms with van der Waals surface area (Å²) < 4.78 is 78.0. The standard InChI is InChI=1S/C30H29F4N5O4S/c1-4-44(42,43)15-14-39(27(40)17-22-9-12-26(31)25(16-22)30(32,33)34)20(3)19(2)37-28-24(6-5-13-36-28)29(41)38-23-10-7-21(18-35)8-11-23/h5-13,16,20H,4,14-15,17H2,1-3H3,(H,38,41)/t20-/m1/s1. The van der Waals surface area contributed by atoms with Gasteiger partial charge in [0.15, 0.2) is 15.7 Å². The van der Waals surface area contributed by atoms with Gasteiger partial charge in [0, 0.05) is 29.9 Å². The maximum Gasteiger partial charge on any atom is 0.419 e. The molecule has 0 fully saturated rings. The third-order valence-corrected chi connectivity index (χ3v) is 8.44. The van der Waals surface area contributed by atoms with E-state index < -0.39 is 57.4 Å². The lowest BCUT2D eigenvalue weighted by atomic mass is 10.1. The van der Waals surface area contributed by atoms with E-state index in [2.05, 4.69) is 15.3 Å². The highest BCUT2D eigenvalue weighted by Gasteiger charge is 2.34. The number of carbonyl (C=O) groups excluding carboxylic acids is 2. The van der Waals surface area contributed by atoms with Crippen LogP contribution in [0, 0.1) is 17.1 Å². The van der Waals surface area contributed by atoms with Gasteiger partial charge in [0.25, 0.3) is 5.91 Å². The van der Waals surface area contributed by atoms with Crippen LogP contribution in [0.1, 0.15) is 47.8 Å². The molecule has 0 radical (unpaired) electrons. The summed E-state index contributed by atoms with van der Waals surface area (Å²) in [6.07, 6.45) is -4.13. The molecule has 1 heterocycles. The van der Waals surface area contributed by atoms with Crippen molar-refractivity contribution in [2.24, 2.45) is 4.99 Å². The normalized spacial score (nSPS) is 12.7. The molecular weight excluding hydrogens is 602 g/mol. The van der Waals surface area contributed by atoms with Crippen LogP contribution in [0.15, 0.2) is 65.8 Å². The summed E-state index contributed by atoms with van der Waals surface area (Å²) in [5.74, 6) is -3.34. The lowest BCUT2D eigenvalue weighted by Crippen LogP contribution is -2.45. The maximum absolute atomic E-state index is 13.8. The van der Waals surface area contributed by atoms with Crippen molar-refractivity contribution in [1.29, 1.82) is 5.26 Å². The molecule has 44 heavy (non-hydrogen) atoms. The molecule has 0 saturated carbocycles. The van der Waals surface area contributed by atoms with E-state index in [-0.39, 0.29) is 35.0 Å². The van der Waals surface area contributed by atoms with Crippen LogP contribution >= 0.6 is 0 Å². The fourth-order valence-electron chi connectivity index (χ4n) is 4.07. The van der Waals surface area contributed by atoms with Crippen LogP contribution in [0.25, 0.3) is 0 Å². The molecule has 0 aliphatic carbocycles. The number of aromatic nitrogens is 1. The average Bonchev–Trinajstić information content (AvgIpc) is 2.98. The van der Waals surface area contributed by atoms with Crippen molar-refractivity contribution in [2.75, 3.05) is 23.4 Å². The molecule has 3 rings (SSSR count). The lowest BCUT2D eigenvalue weighted by Gasteiger charge is -2.29.